The van der Waals surface area contributed by atoms with Crippen LogP contribution in [0.1, 0.15) is 32.1 Å². The lowest BCUT2D eigenvalue weighted by atomic mass is 9.83. The van der Waals surface area contributed by atoms with Gasteiger partial charge in [-0.05, 0) is 62.5 Å². The zero-order valence-corrected chi connectivity index (χ0v) is 19.4. The molecule has 3 N–H and O–H groups in total. The molecule has 7 heteroatoms. The Morgan fingerprint density at radius 2 is 1.67 bits per heavy atom. The van der Waals surface area contributed by atoms with Crippen LogP contribution in [0.3, 0.4) is 0 Å². The maximum Gasteiger partial charge on any atom is 0.272 e. The number of fused-ring (bicyclic) bond motifs is 1. The van der Waals surface area contributed by atoms with E-state index in [2.05, 4.69) is 14.8 Å². The predicted octanol–water partition coefficient (Wildman–Crippen LogP) is 4.16. The summed E-state index contributed by atoms with van der Waals surface area (Å²) < 4.78 is 0. The van der Waals surface area contributed by atoms with Gasteiger partial charge < -0.3 is 15.6 Å². The number of hydrogen-bond acceptors (Lipinski definition) is 4. The first-order valence-corrected chi connectivity index (χ1v) is 12.1. The summed E-state index contributed by atoms with van der Waals surface area (Å²) in [6.07, 6.45) is 4.63. The number of aromatic amines is 1. The molecule has 6 nitrogen and oxygen atoms in total. The Hall–Kier alpha value is -2.83. The van der Waals surface area contributed by atoms with E-state index in [1.54, 1.807) is 6.07 Å². The van der Waals surface area contributed by atoms with Crippen molar-refractivity contribution in [1.29, 1.82) is 0 Å². The molecule has 172 valence electrons. The molecular weight excluding hydrogens is 436 g/mol. The predicted molar refractivity (Wildman–Crippen MR) is 134 cm³/mol. The van der Waals surface area contributed by atoms with Crippen molar-refractivity contribution in [3.63, 3.8) is 0 Å². The second kappa shape index (κ2) is 8.84. The van der Waals surface area contributed by atoms with Crippen LogP contribution in [0.4, 0.5) is 5.69 Å². The van der Waals surface area contributed by atoms with Crippen LogP contribution in [0.5, 0.6) is 0 Å². The Labute approximate surface area is 198 Å². The minimum absolute atomic E-state index is 0.131. The number of nitrogens with two attached hydrogens (primary N) is 1. The molecule has 3 heterocycles. The number of carbonyl (C=O) groups is 1. The second-order valence-corrected chi connectivity index (χ2v) is 9.60. The van der Waals surface area contributed by atoms with Crippen LogP contribution < -0.4 is 16.2 Å². The third-order valence-electron chi connectivity index (χ3n) is 7.34. The number of piperidine rings is 2. The number of pyridine rings is 1. The van der Waals surface area contributed by atoms with Gasteiger partial charge in [-0.3, -0.25) is 14.5 Å². The molecule has 2 aliphatic heterocycles. The molecule has 1 aromatic heterocycles. The lowest BCUT2D eigenvalue weighted by Crippen LogP contribution is -2.63. The molecule has 0 bridgehead atoms. The summed E-state index contributed by atoms with van der Waals surface area (Å²) in [5, 5.41) is 1.53. The van der Waals surface area contributed by atoms with E-state index in [0.717, 1.165) is 48.0 Å². The first-order valence-electron chi connectivity index (χ1n) is 11.7. The molecule has 0 atom stereocenters. The Balaban J connectivity index is 1.58. The van der Waals surface area contributed by atoms with Crippen LogP contribution >= 0.6 is 11.6 Å². The molecular formula is C26H29ClN4O2. The third kappa shape index (κ3) is 3.91. The van der Waals surface area contributed by atoms with E-state index in [4.69, 9.17) is 17.3 Å². The van der Waals surface area contributed by atoms with Gasteiger partial charge in [-0.2, -0.15) is 0 Å². The summed E-state index contributed by atoms with van der Waals surface area (Å²) >= 11 is 6.35. The Kier molecular flexibility index (Phi) is 5.89. The summed E-state index contributed by atoms with van der Waals surface area (Å²) in [6.45, 7) is 3.00. The van der Waals surface area contributed by atoms with E-state index in [1.807, 2.05) is 42.5 Å². The number of carbonyl (C=O) groups excluding carboxylic acids is 1. The second-order valence-electron chi connectivity index (χ2n) is 9.16. The summed E-state index contributed by atoms with van der Waals surface area (Å²) in [5.74, 6) is -0.244. The van der Waals surface area contributed by atoms with Crippen molar-refractivity contribution in [3.8, 4) is 11.1 Å². The minimum atomic E-state index is -0.628. The molecule has 2 fully saturated rings. The molecule has 0 unspecified atom stereocenters. The maximum absolute atomic E-state index is 13.4. The average molecular weight is 465 g/mol. The topological polar surface area (TPSA) is 82.4 Å². The zero-order valence-electron chi connectivity index (χ0n) is 18.6. The van der Waals surface area contributed by atoms with Crippen LogP contribution in [-0.2, 0) is 4.79 Å². The van der Waals surface area contributed by atoms with Gasteiger partial charge in [0.25, 0.3) is 5.56 Å². The van der Waals surface area contributed by atoms with Crippen LogP contribution in [-0.4, -0.2) is 47.5 Å². The van der Waals surface area contributed by atoms with Gasteiger partial charge >= 0.3 is 0 Å². The quantitative estimate of drug-likeness (QED) is 0.607. The Morgan fingerprint density at radius 1 is 0.970 bits per heavy atom. The van der Waals surface area contributed by atoms with Crippen LogP contribution in [0.2, 0.25) is 5.02 Å². The molecule has 3 aromatic rings. The molecule has 33 heavy (non-hydrogen) atoms. The van der Waals surface area contributed by atoms with Gasteiger partial charge in [-0.1, -0.05) is 48.4 Å². The van der Waals surface area contributed by atoms with Crippen LogP contribution in [0.25, 0.3) is 22.0 Å². The highest BCUT2D eigenvalue weighted by molar-refractivity contribution is 6.31. The monoisotopic (exact) mass is 464 g/mol. The molecule has 0 spiro atoms. The molecule has 2 aromatic carbocycles. The van der Waals surface area contributed by atoms with Gasteiger partial charge in [0.1, 0.15) is 11.2 Å². The fourth-order valence-corrected chi connectivity index (χ4v) is 5.77. The minimum Gasteiger partial charge on any atom is -0.368 e. The zero-order chi connectivity index (χ0) is 23.0. The lowest BCUT2D eigenvalue weighted by Gasteiger charge is -2.48. The number of H-pyrrole nitrogens is 1. The van der Waals surface area contributed by atoms with Crippen molar-refractivity contribution >= 4 is 34.1 Å². The number of aromatic nitrogens is 1. The summed E-state index contributed by atoms with van der Waals surface area (Å²) in [5.41, 5.74) is 8.45. The van der Waals surface area contributed by atoms with Gasteiger partial charge in [0.05, 0.1) is 0 Å². The van der Waals surface area contributed by atoms with E-state index < -0.39 is 5.54 Å². The highest BCUT2D eigenvalue weighted by Crippen LogP contribution is 2.39. The summed E-state index contributed by atoms with van der Waals surface area (Å²) in [4.78, 5) is 33.5. The van der Waals surface area contributed by atoms with Gasteiger partial charge in [0.2, 0.25) is 5.91 Å². The molecule has 1 amide bonds. The van der Waals surface area contributed by atoms with E-state index in [0.29, 0.717) is 36.6 Å². The number of rotatable bonds is 4. The number of halogens is 1. The number of anilines is 1. The first kappa shape index (κ1) is 22.0. The molecule has 0 saturated carbocycles. The molecule has 0 aliphatic carbocycles. The Bertz CT molecular complexity index is 1230. The van der Waals surface area contributed by atoms with Gasteiger partial charge in [-0.25, -0.2) is 0 Å². The molecule has 2 aliphatic rings. The standard InChI is InChI=1S/C26H29ClN4O2/c27-19-9-10-21-20(17-19)22(18-7-3-1-4-8-18)23(24(32)29-21)30-15-11-26(12-16-30,25(28)33)31-13-5-2-6-14-31/h1,3-4,7-10,17H,2,5-6,11-16H2,(H2,28,33)(H,29,32). The smallest absolute Gasteiger partial charge is 0.272 e. The van der Waals surface area contributed by atoms with Crippen molar-refractivity contribution in [2.75, 3.05) is 31.1 Å². The Morgan fingerprint density at radius 3 is 2.33 bits per heavy atom. The number of amides is 1. The van der Waals surface area contributed by atoms with Crippen molar-refractivity contribution in [2.45, 2.75) is 37.6 Å². The van der Waals surface area contributed by atoms with Gasteiger partial charge in [0.15, 0.2) is 0 Å². The highest BCUT2D eigenvalue weighted by Gasteiger charge is 2.45. The van der Waals surface area contributed by atoms with E-state index in [9.17, 15) is 9.59 Å². The number of benzene rings is 2. The fourth-order valence-electron chi connectivity index (χ4n) is 5.59. The van der Waals surface area contributed by atoms with Gasteiger partial charge in [0, 0.05) is 34.6 Å². The molecule has 2 saturated heterocycles. The fraction of sp³-hybridized carbons (Fsp3) is 0.385. The summed E-state index contributed by atoms with van der Waals surface area (Å²) in [6, 6.07) is 15.5. The number of likely N-dealkylation sites (tertiary alicyclic amines) is 1. The first-order chi connectivity index (χ1) is 16.0. The van der Waals surface area contributed by atoms with Gasteiger partial charge in [-0.15, -0.1) is 0 Å². The van der Waals surface area contributed by atoms with E-state index in [1.165, 1.54) is 6.42 Å². The highest BCUT2D eigenvalue weighted by atomic mass is 35.5. The SMILES string of the molecule is NC(=O)C1(N2CCCCC2)CCN(c2c(-c3ccccc3)c3cc(Cl)ccc3[nH]c2=O)CC1. The summed E-state index contributed by atoms with van der Waals surface area (Å²) in [7, 11) is 0. The maximum atomic E-state index is 13.4. The molecule has 0 radical (unpaired) electrons. The number of hydrogen-bond donors (Lipinski definition) is 2. The van der Waals surface area contributed by atoms with E-state index in [-0.39, 0.29) is 11.5 Å². The van der Waals surface area contributed by atoms with Crippen molar-refractivity contribution in [1.82, 2.24) is 9.88 Å². The third-order valence-corrected chi connectivity index (χ3v) is 7.58. The average Bonchev–Trinajstić information content (AvgIpc) is 2.84. The lowest BCUT2D eigenvalue weighted by molar-refractivity contribution is -0.132. The number of primary amides is 1. The number of nitrogens with zero attached hydrogens (tertiary/aromatic N) is 2. The largest absolute Gasteiger partial charge is 0.368 e. The van der Waals surface area contributed by atoms with Crippen molar-refractivity contribution in [2.24, 2.45) is 5.73 Å². The van der Waals surface area contributed by atoms with E-state index >= 15 is 0 Å². The normalized spacial score (nSPS) is 19.0. The van der Waals surface area contributed by atoms with Crippen LogP contribution in [0.15, 0.2) is 53.3 Å². The van der Waals surface area contributed by atoms with Crippen molar-refractivity contribution in [3.05, 3.63) is 63.9 Å². The van der Waals surface area contributed by atoms with Crippen LogP contribution in [0, 0.1) is 0 Å². The number of nitrogens with one attached hydrogen (secondary N) is 1. The van der Waals surface area contributed by atoms with Crippen molar-refractivity contribution < 1.29 is 4.79 Å². The molecule has 5 rings (SSSR count).